The van der Waals surface area contributed by atoms with E-state index in [9.17, 15) is 4.79 Å². The molecule has 1 atom stereocenters. The number of carbonyl (C=O) groups is 1. The van der Waals surface area contributed by atoms with Crippen LogP contribution in [-0.2, 0) is 11.2 Å². The molecule has 0 saturated heterocycles. The first-order valence-corrected chi connectivity index (χ1v) is 11.5. The molecule has 2 aliphatic carbocycles. The van der Waals surface area contributed by atoms with E-state index in [1.165, 1.54) is 24.0 Å². The largest absolute Gasteiger partial charge is 0.488 e. The Labute approximate surface area is 189 Å². The van der Waals surface area contributed by atoms with E-state index in [1.54, 1.807) is 6.08 Å². The summed E-state index contributed by atoms with van der Waals surface area (Å²) < 4.78 is 8.38. The number of aryl methyl sites for hydroxylation is 2. The summed E-state index contributed by atoms with van der Waals surface area (Å²) >= 11 is 0. The fourth-order valence-electron chi connectivity index (χ4n) is 4.78. The summed E-state index contributed by atoms with van der Waals surface area (Å²) in [7, 11) is 0. The Bertz CT molecular complexity index is 1140. The van der Waals surface area contributed by atoms with Crippen LogP contribution in [-0.4, -0.2) is 21.6 Å². The van der Waals surface area contributed by atoms with Crippen molar-refractivity contribution in [2.45, 2.75) is 57.6 Å². The summed E-state index contributed by atoms with van der Waals surface area (Å²) in [5.41, 5.74) is 5.45. The number of fused-ring (bicyclic) bond motifs is 1. The van der Waals surface area contributed by atoms with Crippen molar-refractivity contribution in [3.8, 4) is 11.4 Å². The first-order chi connectivity index (χ1) is 15.7. The first-order valence-electron chi connectivity index (χ1n) is 11.5. The van der Waals surface area contributed by atoms with E-state index >= 15 is 0 Å². The standard InChI is InChI=1S/C27H29N3O2/c1-19-17-30(18-28-19)25-14-10-20(16-26(25)32-22-7-3-4-8-22)11-15-27(31)29-24-13-12-21-6-2-5-9-23(21)24/h2,5-6,9-11,14-18,22,24H,3-4,7-8,12-13H2,1H3,(H,29,31)/b15-11+. The number of hydrogen-bond acceptors (Lipinski definition) is 3. The normalized spacial score (nSPS) is 18.2. The summed E-state index contributed by atoms with van der Waals surface area (Å²) in [6.07, 6.45) is 14.1. The predicted octanol–water partition coefficient (Wildman–Crippen LogP) is 5.32. The number of rotatable bonds is 6. The minimum absolute atomic E-state index is 0.0701. The van der Waals surface area contributed by atoms with Crippen molar-refractivity contribution >= 4 is 12.0 Å². The van der Waals surface area contributed by atoms with Crippen LogP contribution in [0.1, 0.15) is 60.5 Å². The van der Waals surface area contributed by atoms with Crippen molar-refractivity contribution in [3.63, 3.8) is 0 Å². The molecule has 1 amide bonds. The number of nitrogens with zero attached hydrogens (tertiary/aromatic N) is 2. The van der Waals surface area contributed by atoms with Gasteiger partial charge in [0.1, 0.15) is 5.75 Å². The third kappa shape index (κ3) is 4.47. The van der Waals surface area contributed by atoms with Crippen LogP contribution in [0.15, 0.2) is 61.1 Å². The van der Waals surface area contributed by atoms with Gasteiger partial charge in [-0.25, -0.2) is 4.98 Å². The Morgan fingerprint density at radius 2 is 2.00 bits per heavy atom. The number of ether oxygens (including phenoxy) is 1. The third-order valence-electron chi connectivity index (χ3n) is 6.45. The number of nitrogens with one attached hydrogen (secondary N) is 1. The minimum Gasteiger partial charge on any atom is -0.488 e. The Hall–Kier alpha value is -3.34. The molecule has 0 bridgehead atoms. The van der Waals surface area contributed by atoms with Crippen LogP contribution in [0.25, 0.3) is 11.8 Å². The Kier molecular flexibility index (Phi) is 5.80. The van der Waals surface area contributed by atoms with Gasteiger partial charge < -0.3 is 14.6 Å². The molecule has 5 rings (SSSR count). The maximum absolute atomic E-state index is 12.6. The van der Waals surface area contributed by atoms with E-state index in [4.69, 9.17) is 4.74 Å². The zero-order chi connectivity index (χ0) is 21.9. The SMILES string of the molecule is Cc1cn(-c2ccc(/C=C/C(=O)NC3CCc4ccccc43)cc2OC2CCCC2)cn1. The topological polar surface area (TPSA) is 56.2 Å². The summed E-state index contributed by atoms with van der Waals surface area (Å²) in [4.78, 5) is 16.9. The van der Waals surface area contributed by atoms with Crippen molar-refractivity contribution in [2.24, 2.45) is 0 Å². The maximum Gasteiger partial charge on any atom is 0.244 e. The van der Waals surface area contributed by atoms with Crippen LogP contribution in [0.4, 0.5) is 0 Å². The van der Waals surface area contributed by atoms with E-state index in [0.717, 1.165) is 48.4 Å². The lowest BCUT2D eigenvalue weighted by Crippen LogP contribution is -2.25. The molecular weight excluding hydrogens is 398 g/mol. The smallest absolute Gasteiger partial charge is 0.244 e. The predicted molar refractivity (Wildman–Crippen MR) is 126 cm³/mol. The lowest BCUT2D eigenvalue weighted by atomic mass is 10.1. The van der Waals surface area contributed by atoms with E-state index in [2.05, 4.69) is 28.5 Å². The molecule has 1 saturated carbocycles. The average Bonchev–Trinajstić information content (AvgIpc) is 3.55. The van der Waals surface area contributed by atoms with Gasteiger partial charge in [-0.3, -0.25) is 4.79 Å². The highest BCUT2D eigenvalue weighted by Gasteiger charge is 2.22. The molecular formula is C27H29N3O2. The van der Waals surface area contributed by atoms with Gasteiger partial charge in [-0.15, -0.1) is 0 Å². The van der Waals surface area contributed by atoms with Crippen LogP contribution in [0.3, 0.4) is 0 Å². The van der Waals surface area contributed by atoms with Gasteiger partial charge in [0, 0.05) is 12.3 Å². The molecule has 2 aromatic carbocycles. The molecule has 1 aromatic heterocycles. The number of hydrogen-bond donors (Lipinski definition) is 1. The number of imidazole rings is 1. The molecule has 164 valence electrons. The highest BCUT2D eigenvalue weighted by molar-refractivity contribution is 5.92. The van der Waals surface area contributed by atoms with Crippen LogP contribution in [0.2, 0.25) is 0 Å². The second-order valence-electron chi connectivity index (χ2n) is 8.81. The molecule has 1 fully saturated rings. The lowest BCUT2D eigenvalue weighted by Gasteiger charge is -2.17. The molecule has 0 radical (unpaired) electrons. The number of carbonyl (C=O) groups excluding carboxylic acids is 1. The molecule has 1 N–H and O–H groups in total. The van der Waals surface area contributed by atoms with Gasteiger partial charge in [0.05, 0.1) is 29.9 Å². The molecule has 0 aliphatic heterocycles. The Morgan fingerprint density at radius 3 is 2.81 bits per heavy atom. The molecule has 2 aliphatic rings. The van der Waals surface area contributed by atoms with E-state index < -0.39 is 0 Å². The van der Waals surface area contributed by atoms with Gasteiger partial charge in [0.2, 0.25) is 5.91 Å². The highest BCUT2D eigenvalue weighted by atomic mass is 16.5. The zero-order valence-electron chi connectivity index (χ0n) is 18.5. The van der Waals surface area contributed by atoms with E-state index in [0.29, 0.717) is 0 Å². The second-order valence-corrected chi connectivity index (χ2v) is 8.81. The zero-order valence-corrected chi connectivity index (χ0v) is 18.5. The van der Waals surface area contributed by atoms with Crippen LogP contribution >= 0.6 is 0 Å². The maximum atomic E-state index is 12.6. The molecule has 5 heteroatoms. The summed E-state index contributed by atoms with van der Waals surface area (Å²) in [6, 6.07) is 14.5. The van der Waals surface area contributed by atoms with Gasteiger partial charge in [-0.2, -0.15) is 0 Å². The fourth-order valence-corrected chi connectivity index (χ4v) is 4.78. The van der Waals surface area contributed by atoms with Gasteiger partial charge in [0.25, 0.3) is 0 Å². The van der Waals surface area contributed by atoms with Gasteiger partial charge in [-0.1, -0.05) is 30.3 Å². The number of aromatic nitrogens is 2. The first kappa shape index (κ1) is 20.6. The average molecular weight is 428 g/mol. The van der Waals surface area contributed by atoms with Crippen molar-refractivity contribution in [1.29, 1.82) is 0 Å². The quantitative estimate of drug-likeness (QED) is 0.542. The van der Waals surface area contributed by atoms with Crippen molar-refractivity contribution in [1.82, 2.24) is 14.9 Å². The molecule has 0 spiro atoms. The molecule has 32 heavy (non-hydrogen) atoms. The second kappa shape index (κ2) is 9.03. The van der Waals surface area contributed by atoms with E-state index in [-0.39, 0.29) is 18.1 Å². The van der Waals surface area contributed by atoms with Crippen molar-refractivity contribution in [3.05, 3.63) is 83.4 Å². The van der Waals surface area contributed by atoms with Gasteiger partial charge in [-0.05, 0) is 80.3 Å². The lowest BCUT2D eigenvalue weighted by molar-refractivity contribution is -0.117. The van der Waals surface area contributed by atoms with Crippen LogP contribution < -0.4 is 10.1 Å². The van der Waals surface area contributed by atoms with E-state index in [1.807, 2.05) is 54.4 Å². The van der Waals surface area contributed by atoms with Gasteiger partial charge in [0.15, 0.2) is 0 Å². The molecule has 3 aromatic rings. The van der Waals surface area contributed by atoms with Crippen LogP contribution in [0.5, 0.6) is 5.75 Å². The summed E-state index contributed by atoms with van der Waals surface area (Å²) in [5, 5.41) is 3.15. The monoisotopic (exact) mass is 427 g/mol. The molecule has 5 nitrogen and oxygen atoms in total. The third-order valence-corrected chi connectivity index (χ3v) is 6.45. The van der Waals surface area contributed by atoms with Crippen molar-refractivity contribution in [2.75, 3.05) is 0 Å². The number of benzene rings is 2. The number of amides is 1. The Morgan fingerprint density at radius 1 is 1.16 bits per heavy atom. The summed E-state index contributed by atoms with van der Waals surface area (Å²) in [6.45, 7) is 1.98. The van der Waals surface area contributed by atoms with Crippen molar-refractivity contribution < 1.29 is 9.53 Å². The Balaban J connectivity index is 1.33. The molecule has 1 heterocycles. The molecule has 1 unspecified atom stereocenters. The highest BCUT2D eigenvalue weighted by Crippen LogP contribution is 2.32. The minimum atomic E-state index is -0.0701. The van der Waals surface area contributed by atoms with Crippen LogP contribution in [0, 0.1) is 6.92 Å². The van der Waals surface area contributed by atoms with Gasteiger partial charge >= 0.3 is 0 Å². The summed E-state index contributed by atoms with van der Waals surface area (Å²) in [5.74, 6) is 0.765. The fraction of sp³-hybridized carbons (Fsp3) is 0.333.